The molecule has 0 spiro atoms. The largest absolute Gasteiger partial charge is 0.396 e. The first-order valence-electron chi connectivity index (χ1n) is 6.17. The summed E-state index contributed by atoms with van der Waals surface area (Å²) in [6.45, 7) is 7.40. The summed E-state index contributed by atoms with van der Waals surface area (Å²) in [7, 11) is -3.14. The van der Waals surface area contributed by atoms with Crippen molar-refractivity contribution >= 4 is 9.84 Å². The minimum Gasteiger partial charge on any atom is -0.396 e. The van der Waals surface area contributed by atoms with Crippen molar-refractivity contribution in [2.75, 3.05) is 18.9 Å². The normalized spacial score (nSPS) is 16.8. The summed E-state index contributed by atoms with van der Waals surface area (Å²) in [5.41, 5.74) is 5.25. The third-order valence-corrected chi connectivity index (χ3v) is 5.99. The Kier molecular flexibility index (Phi) is 6.11. The van der Waals surface area contributed by atoms with Gasteiger partial charge in [0.05, 0.1) is 10.5 Å². The number of hydrogen-bond acceptors (Lipinski definition) is 4. The second-order valence-electron chi connectivity index (χ2n) is 5.79. The van der Waals surface area contributed by atoms with Gasteiger partial charge >= 0.3 is 0 Å². The van der Waals surface area contributed by atoms with E-state index < -0.39 is 20.0 Å². The Balaban J connectivity index is 4.73. The molecule has 0 aliphatic rings. The smallest absolute Gasteiger partial charge is 0.155 e. The van der Waals surface area contributed by atoms with Crippen LogP contribution in [0.25, 0.3) is 0 Å². The molecule has 0 fully saturated rings. The predicted molar refractivity (Wildman–Crippen MR) is 71.6 cm³/mol. The third kappa shape index (κ3) is 4.56. The van der Waals surface area contributed by atoms with Gasteiger partial charge in [0.25, 0.3) is 0 Å². The Morgan fingerprint density at radius 2 is 1.71 bits per heavy atom. The van der Waals surface area contributed by atoms with Gasteiger partial charge in [-0.3, -0.25) is 0 Å². The summed E-state index contributed by atoms with van der Waals surface area (Å²) in [5.74, 6) is 0.0915. The van der Waals surface area contributed by atoms with Crippen molar-refractivity contribution in [2.24, 2.45) is 11.1 Å². The first-order chi connectivity index (χ1) is 7.64. The molecule has 0 heterocycles. The van der Waals surface area contributed by atoms with Gasteiger partial charge in [-0.25, -0.2) is 8.42 Å². The lowest BCUT2D eigenvalue weighted by Crippen LogP contribution is -2.39. The van der Waals surface area contributed by atoms with Crippen LogP contribution >= 0.6 is 0 Å². The zero-order valence-electron chi connectivity index (χ0n) is 11.5. The first kappa shape index (κ1) is 16.9. The lowest BCUT2D eigenvalue weighted by molar-refractivity contribution is 0.117. The Hall–Kier alpha value is -0.130. The fraction of sp³-hybridized carbons (Fsp3) is 1.00. The molecule has 0 aliphatic carbocycles. The summed E-state index contributed by atoms with van der Waals surface area (Å²) in [5, 5.41) is 9.43. The van der Waals surface area contributed by atoms with Crippen LogP contribution in [0.15, 0.2) is 0 Å². The maximum atomic E-state index is 12.0. The molecular weight excluding hydrogens is 238 g/mol. The highest BCUT2D eigenvalue weighted by Gasteiger charge is 2.34. The monoisotopic (exact) mass is 265 g/mol. The molecule has 0 saturated carbocycles. The molecule has 0 bridgehead atoms. The van der Waals surface area contributed by atoms with Crippen molar-refractivity contribution in [3.05, 3.63) is 0 Å². The number of aliphatic hydroxyl groups excluding tert-OH is 1. The number of rotatable bonds is 7. The Labute approximate surface area is 106 Å². The topological polar surface area (TPSA) is 80.4 Å². The van der Waals surface area contributed by atoms with Gasteiger partial charge in [-0.1, -0.05) is 13.3 Å². The highest BCUT2D eigenvalue weighted by atomic mass is 32.2. The number of aliphatic hydroxyl groups is 1. The fourth-order valence-corrected chi connectivity index (χ4v) is 3.05. The second kappa shape index (κ2) is 6.16. The van der Waals surface area contributed by atoms with Crippen molar-refractivity contribution < 1.29 is 13.5 Å². The van der Waals surface area contributed by atoms with E-state index in [-0.39, 0.29) is 12.4 Å². The second-order valence-corrected chi connectivity index (χ2v) is 8.66. The standard InChI is InChI=1S/C12H27NO3S/c1-5-6-12(9-13,10-14)7-8-17(15,16)11(2,3)4/h14H,5-10,13H2,1-4H3. The molecule has 17 heavy (non-hydrogen) atoms. The van der Waals surface area contributed by atoms with Crippen LogP contribution < -0.4 is 5.73 Å². The van der Waals surface area contributed by atoms with E-state index in [1.54, 1.807) is 20.8 Å². The average molecular weight is 265 g/mol. The van der Waals surface area contributed by atoms with Crippen molar-refractivity contribution in [2.45, 2.75) is 51.7 Å². The summed E-state index contributed by atoms with van der Waals surface area (Å²) < 4.78 is 23.3. The molecule has 0 aromatic carbocycles. The van der Waals surface area contributed by atoms with E-state index in [2.05, 4.69) is 0 Å². The molecule has 5 heteroatoms. The van der Waals surface area contributed by atoms with Crippen LogP contribution in [0.3, 0.4) is 0 Å². The van der Waals surface area contributed by atoms with E-state index >= 15 is 0 Å². The maximum absolute atomic E-state index is 12.0. The number of hydrogen-bond donors (Lipinski definition) is 2. The molecule has 0 aromatic heterocycles. The van der Waals surface area contributed by atoms with E-state index in [4.69, 9.17) is 5.73 Å². The van der Waals surface area contributed by atoms with Gasteiger partial charge in [0.1, 0.15) is 0 Å². The highest BCUT2D eigenvalue weighted by Crippen LogP contribution is 2.29. The summed E-state index contributed by atoms with van der Waals surface area (Å²) in [6.07, 6.45) is 2.10. The summed E-state index contributed by atoms with van der Waals surface area (Å²) in [4.78, 5) is 0. The van der Waals surface area contributed by atoms with Crippen LogP contribution in [-0.2, 0) is 9.84 Å². The van der Waals surface area contributed by atoms with E-state index in [9.17, 15) is 13.5 Å². The molecule has 0 saturated heterocycles. The van der Waals surface area contributed by atoms with E-state index in [1.807, 2.05) is 6.92 Å². The van der Waals surface area contributed by atoms with Crippen molar-refractivity contribution in [1.29, 1.82) is 0 Å². The minimum atomic E-state index is -3.14. The molecule has 1 unspecified atom stereocenters. The molecule has 0 aliphatic heterocycles. The van der Waals surface area contributed by atoms with Gasteiger partial charge in [-0.05, 0) is 33.6 Å². The molecule has 0 radical (unpaired) electrons. The fourth-order valence-electron chi connectivity index (χ4n) is 1.74. The molecule has 3 N–H and O–H groups in total. The van der Waals surface area contributed by atoms with Crippen LogP contribution in [0, 0.1) is 5.41 Å². The summed E-state index contributed by atoms with van der Waals surface area (Å²) >= 11 is 0. The lowest BCUT2D eigenvalue weighted by atomic mass is 9.82. The quantitative estimate of drug-likeness (QED) is 0.727. The lowest BCUT2D eigenvalue weighted by Gasteiger charge is -2.31. The van der Waals surface area contributed by atoms with Gasteiger partial charge in [0.15, 0.2) is 9.84 Å². The van der Waals surface area contributed by atoms with Crippen molar-refractivity contribution in [3.8, 4) is 0 Å². The van der Waals surface area contributed by atoms with Crippen molar-refractivity contribution in [3.63, 3.8) is 0 Å². The Bertz CT molecular complexity index is 313. The van der Waals surface area contributed by atoms with Gasteiger partial charge < -0.3 is 10.8 Å². The third-order valence-electron chi connectivity index (χ3n) is 3.38. The SMILES string of the molecule is CCCC(CN)(CO)CCS(=O)(=O)C(C)(C)C. The molecule has 0 amide bonds. The van der Waals surface area contributed by atoms with Crippen LogP contribution in [0.5, 0.6) is 0 Å². The van der Waals surface area contributed by atoms with E-state index in [1.165, 1.54) is 0 Å². The van der Waals surface area contributed by atoms with Crippen LogP contribution in [0.2, 0.25) is 0 Å². The molecule has 0 rings (SSSR count). The number of sulfone groups is 1. The zero-order valence-corrected chi connectivity index (χ0v) is 12.3. The Morgan fingerprint density at radius 1 is 1.18 bits per heavy atom. The van der Waals surface area contributed by atoms with Gasteiger partial charge in [-0.15, -0.1) is 0 Å². The van der Waals surface area contributed by atoms with E-state index in [0.29, 0.717) is 13.0 Å². The predicted octanol–water partition coefficient (Wildman–Crippen LogP) is 1.33. The number of nitrogens with two attached hydrogens (primary N) is 1. The zero-order chi connectivity index (χ0) is 13.7. The molecular formula is C12H27NO3S. The molecule has 0 aromatic rings. The van der Waals surface area contributed by atoms with Crippen molar-refractivity contribution in [1.82, 2.24) is 0 Å². The van der Waals surface area contributed by atoms with Crippen LogP contribution in [0.1, 0.15) is 47.0 Å². The van der Waals surface area contributed by atoms with Gasteiger partial charge in [0.2, 0.25) is 0 Å². The van der Waals surface area contributed by atoms with Gasteiger partial charge in [0, 0.05) is 18.6 Å². The average Bonchev–Trinajstić information content (AvgIpc) is 2.23. The first-order valence-corrected chi connectivity index (χ1v) is 7.82. The Morgan fingerprint density at radius 3 is 2.00 bits per heavy atom. The molecule has 4 nitrogen and oxygen atoms in total. The molecule has 104 valence electrons. The maximum Gasteiger partial charge on any atom is 0.155 e. The summed E-state index contributed by atoms with van der Waals surface area (Å²) in [6, 6.07) is 0. The van der Waals surface area contributed by atoms with E-state index in [0.717, 1.165) is 12.8 Å². The highest BCUT2D eigenvalue weighted by molar-refractivity contribution is 7.92. The minimum absolute atomic E-state index is 0.0446. The van der Waals surface area contributed by atoms with Crippen LogP contribution in [-0.4, -0.2) is 37.2 Å². The van der Waals surface area contributed by atoms with Gasteiger partial charge in [-0.2, -0.15) is 0 Å². The molecule has 1 atom stereocenters. The van der Waals surface area contributed by atoms with Crippen LogP contribution in [0.4, 0.5) is 0 Å².